The number of hydrogen-bond donors (Lipinski definition) is 2. The van der Waals surface area contributed by atoms with Gasteiger partial charge in [0.25, 0.3) is 0 Å². The molecule has 4 heteroatoms. The van der Waals surface area contributed by atoms with E-state index in [1.165, 1.54) is 7.11 Å². The van der Waals surface area contributed by atoms with Crippen molar-refractivity contribution in [2.45, 2.75) is 0 Å². The van der Waals surface area contributed by atoms with Crippen molar-refractivity contribution in [3.63, 3.8) is 0 Å². The quantitative estimate of drug-likeness (QED) is 0.443. The van der Waals surface area contributed by atoms with Crippen LogP contribution in [0.4, 0.5) is 0 Å². The van der Waals surface area contributed by atoms with Gasteiger partial charge in [-0.15, -0.1) is 0 Å². The van der Waals surface area contributed by atoms with Crippen molar-refractivity contribution < 1.29 is 8.39 Å². The first-order chi connectivity index (χ1) is 2.27. The van der Waals surface area contributed by atoms with E-state index >= 15 is 0 Å². The lowest BCUT2D eigenvalue weighted by Gasteiger charge is -1.71. The Balaban J connectivity index is 3.23. The van der Waals surface area contributed by atoms with Gasteiger partial charge >= 0.3 is 0 Å². The van der Waals surface area contributed by atoms with Crippen LogP contribution >= 0.6 is 0 Å². The van der Waals surface area contributed by atoms with Crippen LogP contribution in [-0.4, -0.2) is 11.3 Å². The maximum Gasteiger partial charge on any atom is 0.149 e. The fraction of sp³-hybridized carbons (Fsp3) is 1.00. The summed E-state index contributed by atoms with van der Waals surface area (Å²) in [5.74, 6) is 0. The molecule has 0 aliphatic heterocycles. The number of hydrogen-bond acceptors (Lipinski definition) is 3. The van der Waals surface area contributed by atoms with Crippen LogP contribution in [0.25, 0.3) is 0 Å². The van der Waals surface area contributed by atoms with Gasteiger partial charge in [0.05, 0.1) is 7.11 Å². The van der Waals surface area contributed by atoms with E-state index in [4.69, 9.17) is 4.78 Å². The van der Waals surface area contributed by atoms with Crippen LogP contribution in [0.15, 0.2) is 0 Å². The highest BCUT2D eigenvalue weighted by Crippen LogP contribution is 1.55. The van der Waals surface area contributed by atoms with Crippen LogP contribution in [0.3, 0.4) is 0 Å². The Morgan fingerprint density at radius 1 is 2.00 bits per heavy atom. The highest BCUT2D eigenvalue weighted by molar-refractivity contribution is 7.68. The molecule has 0 aromatic carbocycles. The first-order valence-electron chi connectivity index (χ1n) is 0.997. The third kappa shape index (κ3) is 3.91. The van der Waals surface area contributed by atoms with Crippen molar-refractivity contribution in [1.29, 1.82) is 4.78 Å². The normalized spacial score (nSPS) is 14.6. The van der Waals surface area contributed by atoms with Crippen molar-refractivity contribution in [2.24, 2.45) is 0 Å². The zero-order valence-electron chi connectivity index (χ0n) is 2.76. The topological polar surface area (TPSA) is 50.1 Å². The van der Waals surface area contributed by atoms with Crippen molar-refractivity contribution in [1.82, 2.24) is 0 Å². The Kier molecular flexibility index (Phi) is 2.13. The van der Waals surface area contributed by atoms with Gasteiger partial charge in [-0.05, 0) is 0 Å². The van der Waals surface area contributed by atoms with Crippen LogP contribution in [0, 0.1) is 4.78 Å². The van der Waals surface area contributed by atoms with E-state index in [0.29, 0.717) is 0 Å². The van der Waals surface area contributed by atoms with E-state index in [1.807, 2.05) is 0 Å². The Labute approximate surface area is 32.2 Å². The maximum absolute atomic E-state index is 9.41. The van der Waals surface area contributed by atoms with Crippen molar-refractivity contribution in [3.05, 3.63) is 0 Å². The summed E-state index contributed by atoms with van der Waals surface area (Å²) in [4.78, 5) is 0. The molecule has 0 saturated carbocycles. The smallest absolute Gasteiger partial charge is 0.149 e. The predicted molar refractivity (Wildman–Crippen MR) is 19.3 cm³/mol. The number of thiol groups is 1. The van der Waals surface area contributed by atoms with Crippen LogP contribution in [0.5, 0.6) is 0 Å². The SMILES string of the molecule is CO[SH](=N)=O. The molecule has 0 aliphatic rings. The summed E-state index contributed by atoms with van der Waals surface area (Å²) in [6.07, 6.45) is 0. The zero-order chi connectivity index (χ0) is 4.28. The van der Waals surface area contributed by atoms with E-state index in [9.17, 15) is 4.21 Å². The first-order valence-corrected chi connectivity index (χ1v) is 2.17. The zero-order valence-corrected chi connectivity index (χ0v) is 3.66. The summed E-state index contributed by atoms with van der Waals surface area (Å²) in [7, 11) is -0.870. The third-order valence-electron chi connectivity index (χ3n) is 0.166. The standard InChI is InChI=1S/CH5NO2S/c1-4-5(2)3/h2,5H,1H3. The van der Waals surface area contributed by atoms with E-state index in [-0.39, 0.29) is 0 Å². The molecule has 0 rings (SSSR count). The summed E-state index contributed by atoms with van der Waals surface area (Å²) in [5.41, 5.74) is 0. The lowest BCUT2D eigenvalue weighted by atomic mass is 11.8. The summed E-state index contributed by atoms with van der Waals surface area (Å²) in [6, 6.07) is 0. The molecule has 0 saturated heterocycles. The van der Waals surface area contributed by atoms with Gasteiger partial charge in [-0.2, -0.15) is 0 Å². The first kappa shape index (κ1) is 4.91. The van der Waals surface area contributed by atoms with Gasteiger partial charge in [0.1, 0.15) is 10.9 Å². The van der Waals surface area contributed by atoms with Crippen molar-refractivity contribution in [3.8, 4) is 0 Å². The molecule has 0 aliphatic carbocycles. The van der Waals surface area contributed by atoms with E-state index in [0.717, 1.165) is 0 Å². The lowest BCUT2D eigenvalue weighted by molar-refractivity contribution is 0.451. The minimum atomic E-state index is -2.10. The molecule has 1 unspecified atom stereocenters. The molecule has 3 nitrogen and oxygen atoms in total. The van der Waals surface area contributed by atoms with Crippen molar-refractivity contribution >= 4 is 10.9 Å². The molecule has 0 aromatic heterocycles. The summed E-state index contributed by atoms with van der Waals surface area (Å²) < 4.78 is 19.4. The fourth-order valence-corrected chi connectivity index (χ4v) is 0. The van der Waals surface area contributed by atoms with Crippen LogP contribution in [0.1, 0.15) is 0 Å². The van der Waals surface area contributed by atoms with Gasteiger partial charge in [-0.25, -0.2) is 8.99 Å². The van der Waals surface area contributed by atoms with E-state index in [2.05, 4.69) is 4.18 Å². The highest BCUT2D eigenvalue weighted by atomic mass is 32.2. The van der Waals surface area contributed by atoms with Gasteiger partial charge < -0.3 is 0 Å². The average molecular weight is 95.1 g/mol. The lowest BCUT2D eigenvalue weighted by Crippen LogP contribution is -1.69. The minimum absolute atomic E-state index is 1.23. The Morgan fingerprint density at radius 3 is 2.20 bits per heavy atom. The molecule has 0 radical (unpaired) electrons. The summed E-state index contributed by atoms with van der Waals surface area (Å²) in [6.45, 7) is 0. The highest BCUT2D eigenvalue weighted by Gasteiger charge is 1.56. The van der Waals surface area contributed by atoms with E-state index in [1.54, 1.807) is 0 Å². The third-order valence-corrected chi connectivity index (χ3v) is 0.497. The van der Waals surface area contributed by atoms with Crippen LogP contribution in [-0.2, 0) is 15.1 Å². The molecule has 0 heterocycles. The van der Waals surface area contributed by atoms with Gasteiger partial charge in [-0.1, -0.05) is 0 Å². The van der Waals surface area contributed by atoms with Gasteiger partial charge in [0.15, 0.2) is 0 Å². The Hall–Kier alpha value is -0.0900. The van der Waals surface area contributed by atoms with Crippen molar-refractivity contribution in [2.75, 3.05) is 7.11 Å². The number of rotatable bonds is 1. The maximum atomic E-state index is 9.41. The largest absolute Gasteiger partial charge is 0.290 e. The van der Waals surface area contributed by atoms with E-state index < -0.39 is 10.9 Å². The molecular weight excluding hydrogens is 90.1 g/mol. The van der Waals surface area contributed by atoms with Gasteiger partial charge in [0, 0.05) is 0 Å². The molecule has 0 aromatic rings. The average Bonchev–Trinajstić information content (AvgIpc) is 1.38. The van der Waals surface area contributed by atoms with Gasteiger partial charge in [0.2, 0.25) is 0 Å². The predicted octanol–water partition coefficient (Wildman–Crippen LogP) is -0.209. The van der Waals surface area contributed by atoms with Gasteiger partial charge in [-0.3, -0.25) is 4.18 Å². The molecule has 1 N–H and O–H groups in total. The fourth-order valence-electron chi connectivity index (χ4n) is 0. The molecule has 32 valence electrons. The Morgan fingerprint density at radius 2 is 2.20 bits per heavy atom. The molecule has 1 atom stereocenters. The minimum Gasteiger partial charge on any atom is -0.290 e. The second-order valence-corrected chi connectivity index (χ2v) is 1.32. The number of nitrogens with one attached hydrogen (secondary N) is 1. The second-order valence-electron chi connectivity index (χ2n) is 0.440. The summed E-state index contributed by atoms with van der Waals surface area (Å²) in [5, 5.41) is 0. The summed E-state index contributed by atoms with van der Waals surface area (Å²) >= 11 is 0. The molecule has 0 amide bonds. The Bertz CT molecular complexity index is 67.7. The molecule has 0 spiro atoms. The molecule has 0 bridgehead atoms. The van der Waals surface area contributed by atoms with Crippen LogP contribution in [0.2, 0.25) is 0 Å². The second kappa shape index (κ2) is 2.17. The molecule has 5 heavy (non-hydrogen) atoms. The molecule has 0 fully saturated rings. The monoisotopic (exact) mass is 95.0 g/mol. The molecular formula is CH5NO2S. The van der Waals surface area contributed by atoms with Crippen LogP contribution < -0.4 is 0 Å².